The molecule has 0 aromatic heterocycles. The molecule has 9 heavy (non-hydrogen) atoms. The summed E-state index contributed by atoms with van der Waals surface area (Å²) in [5.41, 5.74) is 0. The monoisotopic (exact) mass is 335 g/mol. The van der Waals surface area contributed by atoms with Crippen LogP contribution in [0.25, 0.3) is 0 Å². The van der Waals surface area contributed by atoms with E-state index in [1.165, 1.54) is 0 Å². The minimum absolute atomic E-state index is 0. The predicted molar refractivity (Wildman–Crippen MR) is 1.37 cm³/mol. The van der Waals surface area contributed by atoms with Gasteiger partial charge in [-0.3, -0.25) is 0 Å². The van der Waals surface area contributed by atoms with Crippen LogP contribution in [0.2, 0.25) is 0 Å². The Morgan fingerprint density at radius 1 is 0.556 bits per heavy atom. The van der Waals surface area contributed by atoms with Crippen molar-refractivity contribution < 1.29 is 132 Å². The fourth-order valence-corrected chi connectivity index (χ4v) is 0. The van der Waals surface area contributed by atoms with Crippen LogP contribution in [0.1, 0.15) is 0 Å². The van der Waals surface area contributed by atoms with E-state index in [0.29, 0.717) is 0 Å². The zero-order chi connectivity index (χ0) is 0. The van der Waals surface area contributed by atoms with Crippen LogP contribution in [-0.4, -0.2) is 0 Å². The van der Waals surface area contributed by atoms with E-state index in [-0.39, 0.29) is 132 Å². The molecule has 0 aliphatic rings. The minimum Gasteiger partial charge on any atom is -2.00 e. The van der Waals surface area contributed by atoms with Crippen molar-refractivity contribution >= 4 is 0 Å². The molecule has 0 fully saturated rings. The van der Waals surface area contributed by atoms with Gasteiger partial charge in [-0.1, -0.05) is 0 Å². The van der Waals surface area contributed by atoms with E-state index >= 15 is 0 Å². The van der Waals surface area contributed by atoms with Crippen LogP contribution in [0.4, 0.5) is 0 Å². The second-order valence-electron chi connectivity index (χ2n) is 0. The SMILES string of the molecule is [Co].[Co].[Li+].[Li+].[Mn+2].[Ni].[Ni].[O-2].[O-2]. The van der Waals surface area contributed by atoms with Crippen molar-refractivity contribution in [2.75, 3.05) is 0 Å². The van der Waals surface area contributed by atoms with Crippen molar-refractivity contribution in [3.63, 3.8) is 0 Å². The molecule has 0 aromatic rings. The molecule has 0 rings (SSSR count). The fraction of sp³-hybridized carbons (Fsp3) is 0. The van der Waals surface area contributed by atoms with Crippen LogP contribution in [0.3, 0.4) is 0 Å². The topological polar surface area (TPSA) is 57.0 Å². The summed E-state index contributed by atoms with van der Waals surface area (Å²) in [5.74, 6) is 0. The predicted octanol–water partition coefficient (Wildman–Crippen LogP) is -6.24. The molecule has 2 nitrogen and oxygen atoms in total. The van der Waals surface area contributed by atoms with Crippen LogP contribution in [-0.2, 0) is 94.6 Å². The van der Waals surface area contributed by atoms with Gasteiger partial charge in [-0.05, 0) is 0 Å². The summed E-state index contributed by atoms with van der Waals surface area (Å²) in [6, 6.07) is 0. The Hall–Kier alpha value is 3.63. The van der Waals surface area contributed by atoms with Gasteiger partial charge in [0.1, 0.15) is 0 Å². The van der Waals surface area contributed by atoms with E-state index in [4.69, 9.17) is 0 Å². The Morgan fingerprint density at radius 2 is 0.556 bits per heavy atom. The van der Waals surface area contributed by atoms with E-state index in [0.717, 1.165) is 0 Å². The zero-order valence-electron chi connectivity index (χ0n) is 4.49. The van der Waals surface area contributed by atoms with Gasteiger partial charge in [0.15, 0.2) is 0 Å². The smallest absolute Gasteiger partial charge is 2.00 e. The Morgan fingerprint density at radius 3 is 0.556 bits per heavy atom. The molecule has 0 spiro atoms. The van der Waals surface area contributed by atoms with Crippen molar-refractivity contribution in [3.8, 4) is 0 Å². The molecule has 0 bridgehead atoms. The molecule has 0 aliphatic heterocycles. The number of hydrogen-bond acceptors (Lipinski definition) is 0. The quantitative estimate of drug-likeness (QED) is 0.396. The van der Waals surface area contributed by atoms with Gasteiger partial charge in [0.2, 0.25) is 0 Å². The Balaban J connectivity index is 0. The van der Waals surface area contributed by atoms with Crippen molar-refractivity contribution in [2.24, 2.45) is 0 Å². The normalized spacial score (nSPS) is 0. The third kappa shape index (κ3) is 81.8. The molecule has 0 unspecified atom stereocenters. The Labute approximate surface area is 130 Å². The summed E-state index contributed by atoms with van der Waals surface area (Å²) in [6.45, 7) is 0. The van der Waals surface area contributed by atoms with Gasteiger partial charge in [-0.15, -0.1) is 0 Å². The molecule has 0 saturated heterocycles. The summed E-state index contributed by atoms with van der Waals surface area (Å²) < 4.78 is 0. The Kier molecular flexibility index (Phi) is 1430. The van der Waals surface area contributed by atoms with Crippen molar-refractivity contribution in [2.45, 2.75) is 0 Å². The van der Waals surface area contributed by atoms with Gasteiger partial charge >= 0.3 is 54.8 Å². The first-order valence-electron chi connectivity index (χ1n) is 0. The summed E-state index contributed by atoms with van der Waals surface area (Å²) in [6.07, 6.45) is 0. The first-order chi connectivity index (χ1) is 0. The van der Waals surface area contributed by atoms with Crippen molar-refractivity contribution in [1.29, 1.82) is 0 Å². The molecule has 0 N–H and O–H groups in total. The molecular formula is Co2Li2MnNi2O2. The maximum absolute atomic E-state index is 0. The number of rotatable bonds is 0. The summed E-state index contributed by atoms with van der Waals surface area (Å²) >= 11 is 0. The van der Waals surface area contributed by atoms with Gasteiger partial charge in [0.05, 0.1) is 0 Å². The van der Waals surface area contributed by atoms with Crippen LogP contribution in [0, 0.1) is 0 Å². The first-order valence-corrected chi connectivity index (χ1v) is 0. The molecule has 0 aromatic carbocycles. The summed E-state index contributed by atoms with van der Waals surface area (Å²) in [7, 11) is 0. The molecule has 59 valence electrons. The third-order valence-electron chi connectivity index (χ3n) is 0. The molecule has 9 heteroatoms. The second-order valence-corrected chi connectivity index (χ2v) is 0. The van der Waals surface area contributed by atoms with Gasteiger partial charge < -0.3 is 11.0 Å². The maximum atomic E-state index is 0. The average Bonchev–Trinajstić information content (AvgIpc) is 0. The van der Waals surface area contributed by atoms with Gasteiger partial charge in [-0.25, -0.2) is 0 Å². The van der Waals surface area contributed by atoms with E-state index in [1.807, 2.05) is 0 Å². The molecule has 0 saturated carbocycles. The fourth-order valence-electron chi connectivity index (χ4n) is 0. The average molecular weight is 336 g/mol. The standard InChI is InChI=1S/2Co.2Li.Mn.2Ni.2O/q;;2*+1;+2;;;2*-2. The largest absolute Gasteiger partial charge is 2.00 e. The van der Waals surface area contributed by atoms with E-state index < -0.39 is 0 Å². The van der Waals surface area contributed by atoms with E-state index in [9.17, 15) is 0 Å². The van der Waals surface area contributed by atoms with E-state index in [1.54, 1.807) is 0 Å². The van der Waals surface area contributed by atoms with Gasteiger partial charge in [0, 0.05) is 66.5 Å². The Bertz CT molecular complexity index is 20.5. The second kappa shape index (κ2) is 99.6. The van der Waals surface area contributed by atoms with Crippen LogP contribution < -0.4 is 37.7 Å². The zero-order valence-corrected chi connectivity index (χ0v) is 9.73. The van der Waals surface area contributed by atoms with Gasteiger partial charge in [0.25, 0.3) is 0 Å². The van der Waals surface area contributed by atoms with E-state index in [2.05, 4.69) is 0 Å². The summed E-state index contributed by atoms with van der Waals surface area (Å²) in [4.78, 5) is 0. The number of hydrogen-bond donors (Lipinski definition) is 0. The van der Waals surface area contributed by atoms with Crippen LogP contribution in [0.5, 0.6) is 0 Å². The first kappa shape index (κ1) is 129. The maximum Gasteiger partial charge on any atom is 2.00 e. The molecule has 0 heterocycles. The van der Waals surface area contributed by atoms with Crippen molar-refractivity contribution in [3.05, 3.63) is 0 Å². The molecule has 0 aliphatic carbocycles. The third-order valence-corrected chi connectivity index (χ3v) is 0. The summed E-state index contributed by atoms with van der Waals surface area (Å²) in [5, 5.41) is 0. The van der Waals surface area contributed by atoms with Gasteiger partial charge in [-0.2, -0.15) is 0 Å². The molecule has 0 amide bonds. The minimum atomic E-state index is 0. The van der Waals surface area contributed by atoms with Crippen molar-refractivity contribution in [1.82, 2.24) is 0 Å². The molecule has 3 radical (unpaired) electrons. The molecule has 0 atom stereocenters. The molecular weight excluding hydrogens is 336 g/mol. The van der Waals surface area contributed by atoms with Crippen LogP contribution >= 0.6 is 0 Å². The van der Waals surface area contributed by atoms with Crippen LogP contribution in [0.15, 0.2) is 0 Å².